The first-order valence-corrected chi connectivity index (χ1v) is 16.6. The second-order valence-electron chi connectivity index (χ2n) is 12.2. The van der Waals surface area contributed by atoms with Crippen molar-refractivity contribution in [1.29, 1.82) is 0 Å². The van der Waals surface area contributed by atoms with Crippen LogP contribution in [0.5, 0.6) is 5.88 Å². The van der Waals surface area contributed by atoms with Crippen molar-refractivity contribution in [2.45, 2.75) is 83.3 Å². The average Bonchev–Trinajstić information content (AvgIpc) is 3.59. The number of carbonyl (C=O) groups is 2. The van der Waals surface area contributed by atoms with Gasteiger partial charge in [-0.15, -0.1) is 0 Å². The Balaban J connectivity index is 1.37. The standard InChI is InChI=1S/C31H43N7O6S/c1-21-11-10-12-22(2)28(21)25-17-26(35-29(34-25)36-45(41,42)24-18-33-37(6)20-24)43-23-14-16-38(19-23)27(39)13-8-7-9-15-32-30(40)44-31(3,4)5/h10-12,17-18,20,23H,7-9,13-16,19H2,1-6H3,(H,32,40)(H,34,35,36). The molecule has 3 aromatic rings. The van der Waals surface area contributed by atoms with E-state index in [1.54, 1.807) is 18.0 Å². The molecule has 1 aliphatic rings. The minimum Gasteiger partial charge on any atom is -0.472 e. The van der Waals surface area contributed by atoms with E-state index in [9.17, 15) is 18.0 Å². The molecule has 0 spiro atoms. The lowest BCUT2D eigenvalue weighted by atomic mass is 10.00. The summed E-state index contributed by atoms with van der Waals surface area (Å²) < 4.78 is 41.4. The third-order valence-electron chi connectivity index (χ3n) is 7.18. The molecule has 1 aliphatic heterocycles. The Bertz CT molecular complexity index is 1600. The summed E-state index contributed by atoms with van der Waals surface area (Å²) in [7, 11) is -2.37. The van der Waals surface area contributed by atoms with Crippen LogP contribution >= 0.6 is 0 Å². The van der Waals surface area contributed by atoms with Gasteiger partial charge in [0.05, 0.1) is 18.4 Å². The molecule has 1 aromatic carbocycles. The highest BCUT2D eigenvalue weighted by atomic mass is 32.2. The van der Waals surface area contributed by atoms with Gasteiger partial charge >= 0.3 is 6.09 Å². The molecule has 0 bridgehead atoms. The molecule has 0 saturated carbocycles. The number of benzene rings is 1. The molecule has 2 N–H and O–H groups in total. The van der Waals surface area contributed by atoms with Crippen LogP contribution in [0.25, 0.3) is 11.3 Å². The van der Waals surface area contributed by atoms with Gasteiger partial charge in [0, 0.05) is 50.8 Å². The normalized spacial score (nSPS) is 15.2. The minimum atomic E-state index is -4.00. The van der Waals surface area contributed by atoms with Crippen LogP contribution in [0.3, 0.4) is 0 Å². The van der Waals surface area contributed by atoms with E-state index in [0.29, 0.717) is 44.6 Å². The van der Waals surface area contributed by atoms with Crippen LogP contribution in [-0.2, 0) is 26.6 Å². The molecule has 4 rings (SSSR count). The third-order valence-corrected chi connectivity index (χ3v) is 8.46. The first-order valence-electron chi connectivity index (χ1n) is 15.1. The predicted octanol–water partition coefficient (Wildman–Crippen LogP) is 4.36. The summed E-state index contributed by atoms with van der Waals surface area (Å²) in [5.74, 6) is 0.134. The molecule has 2 aromatic heterocycles. The fourth-order valence-electron chi connectivity index (χ4n) is 5.06. The molecule has 14 heteroatoms. The van der Waals surface area contributed by atoms with E-state index in [-0.39, 0.29) is 28.7 Å². The molecular formula is C31H43N7O6S. The van der Waals surface area contributed by atoms with E-state index in [1.165, 1.54) is 17.1 Å². The summed E-state index contributed by atoms with van der Waals surface area (Å²) in [4.78, 5) is 35.3. The molecule has 1 unspecified atom stereocenters. The maximum absolute atomic E-state index is 13.0. The molecule has 244 valence electrons. The minimum absolute atomic E-state index is 0.0159. The lowest BCUT2D eigenvalue weighted by molar-refractivity contribution is -0.130. The molecule has 0 aliphatic carbocycles. The van der Waals surface area contributed by atoms with Gasteiger partial charge in [0.1, 0.15) is 16.6 Å². The summed E-state index contributed by atoms with van der Waals surface area (Å²) in [5.41, 5.74) is 2.78. The van der Waals surface area contributed by atoms with Crippen molar-refractivity contribution in [3.63, 3.8) is 0 Å². The number of aryl methyl sites for hydroxylation is 3. The highest BCUT2D eigenvalue weighted by Crippen LogP contribution is 2.30. The molecule has 1 saturated heterocycles. The summed E-state index contributed by atoms with van der Waals surface area (Å²) in [6, 6.07) is 7.57. The van der Waals surface area contributed by atoms with Crippen molar-refractivity contribution in [2.24, 2.45) is 7.05 Å². The van der Waals surface area contributed by atoms with Crippen LogP contribution < -0.4 is 14.8 Å². The summed E-state index contributed by atoms with van der Waals surface area (Å²) in [6.45, 7) is 10.8. The number of hydrogen-bond donors (Lipinski definition) is 2. The number of ether oxygens (including phenoxy) is 2. The largest absolute Gasteiger partial charge is 0.472 e. The zero-order valence-corrected chi connectivity index (χ0v) is 27.6. The number of alkyl carbamates (subject to hydrolysis) is 1. The van der Waals surface area contributed by atoms with E-state index in [2.05, 4.69) is 25.1 Å². The Morgan fingerprint density at radius 2 is 1.82 bits per heavy atom. The maximum Gasteiger partial charge on any atom is 0.407 e. The van der Waals surface area contributed by atoms with E-state index in [1.807, 2.05) is 52.8 Å². The molecule has 45 heavy (non-hydrogen) atoms. The molecule has 1 atom stereocenters. The highest BCUT2D eigenvalue weighted by Gasteiger charge is 2.28. The Morgan fingerprint density at radius 3 is 2.49 bits per heavy atom. The lowest BCUT2D eigenvalue weighted by Gasteiger charge is -2.19. The van der Waals surface area contributed by atoms with Crippen molar-refractivity contribution >= 4 is 28.0 Å². The van der Waals surface area contributed by atoms with Gasteiger partial charge in [-0.05, 0) is 58.6 Å². The summed E-state index contributed by atoms with van der Waals surface area (Å²) in [5, 5.41) is 6.68. The van der Waals surface area contributed by atoms with Gasteiger partial charge in [0.15, 0.2) is 0 Å². The van der Waals surface area contributed by atoms with Crippen LogP contribution in [0.2, 0.25) is 0 Å². The fourth-order valence-corrected chi connectivity index (χ4v) is 5.98. The van der Waals surface area contributed by atoms with Crippen molar-refractivity contribution in [3.8, 4) is 17.1 Å². The monoisotopic (exact) mass is 641 g/mol. The highest BCUT2D eigenvalue weighted by molar-refractivity contribution is 7.92. The van der Waals surface area contributed by atoms with E-state index < -0.39 is 21.7 Å². The first kappa shape index (κ1) is 33.7. The van der Waals surface area contributed by atoms with Gasteiger partial charge in [0.25, 0.3) is 10.0 Å². The zero-order chi connectivity index (χ0) is 32.8. The molecule has 1 fully saturated rings. The fraction of sp³-hybridized carbons (Fsp3) is 0.516. The Labute approximate surface area is 264 Å². The number of nitrogens with zero attached hydrogens (tertiary/aromatic N) is 5. The smallest absolute Gasteiger partial charge is 0.407 e. The summed E-state index contributed by atoms with van der Waals surface area (Å²) >= 11 is 0. The number of nitrogens with one attached hydrogen (secondary N) is 2. The van der Waals surface area contributed by atoms with Crippen LogP contribution in [0.1, 0.15) is 64.0 Å². The molecule has 3 heterocycles. The van der Waals surface area contributed by atoms with Gasteiger partial charge in [0.2, 0.25) is 17.7 Å². The van der Waals surface area contributed by atoms with Crippen molar-refractivity contribution in [2.75, 3.05) is 24.4 Å². The number of rotatable bonds is 12. The van der Waals surface area contributed by atoms with Crippen molar-refractivity contribution in [1.82, 2.24) is 30.0 Å². The molecule has 13 nitrogen and oxygen atoms in total. The summed E-state index contributed by atoms with van der Waals surface area (Å²) in [6.07, 6.45) is 5.17. The van der Waals surface area contributed by atoms with Gasteiger partial charge in [-0.2, -0.15) is 10.1 Å². The third kappa shape index (κ3) is 9.64. The Morgan fingerprint density at radius 1 is 1.09 bits per heavy atom. The second-order valence-corrected chi connectivity index (χ2v) is 13.9. The number of unbranched alkanes of at least 4 members (excludes halogenated alkanes) is 2. The Hall–Kier alpha value is -4.20. The van der Waals surface area contributed by atoms with E-state index >= 15 is 0 Å². The van der Waals surface area contributed by atoms with Crippen LogP contribution in [0, 0.1) is 13.8 Å². The SMILES string of the molecule is Cc1cccc(C)c1-c1cc(OC2CCN(C(=O)CCCCCNC(=O)OC(C)(C)C)C2)nc(NS(=O)(=O)c2cnn(C)c2)n1. The quantitative estimate of drug-likeness (QED) is 0.274. The van der Waals surface area contributed by atoms with Gasteiger partial charge < -0.3 is 19.7 Å². The predicted molar refractivity (Wildman–Crippen MR) is 169 cm³/mol. The topological polar surface area (TPSA) is 158 Å². The lowest BCUT2D eigenvalue weighted by Crippen LogP contribution is -2.33. The Kier molecular flexibility index (Phi) is 10.7. The number of amides is 2. The van der Waals surface area contributed by atoms with E-state index in [4.69, 9.17) is 9.47 Å². The average molecular weight is 642 g/mol. The molecular weight excluding hydrogens is 598 g/mol. The second kappa shape index (κ2) is 14.3. The van der Waals surface area contributed by atoms with Crippen LogP contribution in [0.4, 0.5) is 10.7 Å². The number of carbonyl (C=O) groups excluding carboxylic acids is 2. The van der Waals surface area contributed by atoms with E-state index in [0.717, 1.165) is 29.5 Å². The maximum atomic E-state index is 13.0. The van der Waals surface area contributed by atoms with Gasteiger partial charge in [-0.3, -0.25) is 9.48 Å². The van der Waals surface area contributed by atoms with Crippen molar-refractivity contribution < 1.29 is 27.5 Å². The zero-order valence-electron chi connectivity index (χ0n) is 26.8. The first-order chi connectivity index (χ1) is 21.2. The van der Waals surface area contributed by atoms with Gasteiger partial charge in [-0.25, -0.2) is 22.9 Å². The number of likely N-dealkylation sites (tertiary alicyclic amines) is 1. The number of hydrogen-bond acceptors (Lipinski definition) is 9. The number of anilines is 1. The van der Waals surface area contributed by atoms with Crippen LogP contribution in [-0.4, -0.2) is 76.4 Å². The number of aromatic nitrogens is 4. The molecule has 2 amide bonds. The van der Waals surface area contributed by atoms with Gasteiger partial charge in [-0.1, -0.05) is 24.6 Å². The van der Waals surface area contributed by atoms with Crippen molar-refractivity contribution in [3.05, 3.63) is 47.8 Å². The number of sulfonamides is 1. The van der Waals surface area contributed by atoms with Crippen LogP contribution in [0.15, 0.2) is 41.6 Å². The molecule has 0 radical (unpaired) electrons.